The summed E-state index contributed by atoms with van der Waals surface area (Å²) in [6.07, 6.45) is 0.413. The summed E-state index contributed by atoms with van der Waals surface area (Å²) < 4.78 is 5.32. The molecule has 0 aromatic heterocycles. The molecule has 2 aromatic carbocycles. The summed E-state index contributed by atoms with van der Waals surface area (Å²) in [6, 6.07) is 14.2. The molecule has 0 spiro atoms. The number of aryl methyl sites for hydroxylation is 1. The molecule has 0 bridgehead atoms. The normalized spacial score (nSPS) is 11.0. The van der Waals surface area contributed by atoms with Gasteiger partial charge in [0, 0.05) is 36.6 Å². The molecule has 4 nitrogen and oxygen atoms in total. The second kappa shape index (κ2) is 9.60. The van der Waals surface area contributed by atoms with Gasteiger partial charge >= 0.3 is 0 Å². The number of methoxy groups -OCH3 is 1. The van der Waals surface area contributed by atoms with Gasteiger partial charge < -0.3 is 10.1 Å². The summed E-state index contributed by atoms with van der Waals surface area (Å²) in [5.41, 5.74) is 2.80. The highest BCUT2D eigenvalue weighted by molar-refractivity contribution is 6.31. The third-order valence-electron chi connectivity index (χ3n) is 4.34. The van der Waals surface area contributed by atoms with Crippen LogP contribution in [0.25, 0.3) is 0 Å². The molecule has 5 heteroatoms. The molecule has 0 saturated heterocycles. The van der Waals surface area contributed by atoms with Crippen LogP contribution in [-0.2, 0) is 11.3 Å². The van der Waals surface area contributed by atoms with E-state index >= 15 is 0 Å². The standard InChI is InChI=1S/C21H27ClN2O2/c1-15(2)24(14-17-8-6-5-7-9-17)11-10-21(25)23-19-12-16(3)18(22)13-20(19)26-4/h5-9,12-13,15H,10-11,14H2,1-4H3,(H,23,25). The van der Waals surface area contributed by atoms with Gasteiger partial charge in [-0.1, -0.05) is 41.9 Å². The van der Waals surface area contributed by atoms with Crippen LogP contribution in [0.1, 0.15) is 31.4 Å². The van der Waals surface area contributed by atoms with Gasteiger partial charge in [0.25, 0.3) is 0 Å². The second-order valence-electron chi connectivity index (χ2n) is 6.65. The number of halogens is 1. The van der Waals surface area contributed by atoms with Gasteiger partial charge in [-0.05, 0) is 38.0 Å². The fourth-order valence-corrected chi connectivity index (χ4v) is 2.88. The molecule has 0 fully saturated rings. The van der Waals surface area contributed by atoms with E-state index in [4.69, 9.17) is 16.3 Å². The van der Waals surface area contributed by atoms with Crippen LogP contribution in [0.2, 0.25) is 5.02 Å². The minimum Gasteiger partial charge on any atom is -0.495 e. The van der Waals surface area contributed by atoms with Crippen molar-refractivity contribution < 1.29 is 9.53 Å². The molecule has 0 aliphatic carbocycles. The number of rotatable bonds is 8. The highest BCUT2D eigenvalue weighted by Crippen LogP contribution is 2.31. The summed E-state index contributed by atoms with van der Waals surface area (Å²) in [7, 11) is 1.57. The van der Waals surface area contributed by atoms with Crippen molar-refractivity contribution in [3.05, 3.63) is 58.6 Å². The number of benzene rings is 2. The van der Waals surface area contributed by atoms with E-state index in [1.54, 1.807) is 13.2 Å². The number of carbonyl (C=O) groups excluding carboxylic acids is 1. The molecule has 0 aliphatic rings. The Kier molecular flexibility index (Phi) is 7.49. The van der Waals surface area contributed by atoms with Crippen LogP contribution in [0, 0.1) is 6.92 Å². The van der Waals surface area contributed by atoms with Gasteiger partial charge in [0.05, 0.1) is 12.8 Å². The van der Waals surface area contributed by atoms with Crippen LogP contribution in [0.4, 0.5) is 5.69 Å². The van der Waals surface area contributed by atoms with Crippen molar-refractivity contribution in [3.63, 3.8) is 0 Å². The topological polar surface area (TPSA) is 41.6 Å². The highest BCUT2D eigenvalue weighted by atomic mass is 35.5. The lowest BCUT2D eigenvalue weighted by Crippen LogP contribution is -2.33. The van der Waals surface area contributed by atoms with Crippen LogP contribution < -0.4 is 10.1 Å². The van der Waals surface area contributed by atoms with Gasteiger partial charge in [-0.3, -0.25) is 9.69 Å². The Morgan fingerprint density at radius 2 is 1.92 bits per heavy atom. The summed E-state index contributed by atoms with van der Waals surface area (Å²) in [6.45, 7) is 7.71. The molecule has 1 N–H and O–H groups in total. The number of carbonyl (C=O) groups is 1. The highest BCUT2D eigenvalue weighted by Gasteiger charge is 2.14. The van der Waals surface area contributed by atoms with Gasteiger partial charge in [0.15, 0.2) is 0 Å². The lowest BCUT2D eigenvalue weighted by molar-refractivity contribution is -0.116. The number of hydrogen-bond donors (Lipinski definition) is 1. The van der Waals surface area contributed by atoms with Gasteiger partial charge in [-0.15, -0.1) is 0 Å². The predicted molar refractivity (Wildman–Crippen MR) is 108 cm³/mol. The average molecular weight is 375 g/mol. The lowest BCUT2D eigenvalue weighted by Gasteiger charge is -2.26. The molecule has 0 saturated carbocycles. The Balaban J connectivity index is 1.97. The molecule has 2 aromatic rings. The first-order valence-corrected chi connectivity index (χ1v) is 9.20. The molecule has 0 unspecified atom stereocenters. The zero-order valence-corrected chi connectivity index (χ0v) is 16.6. The number of ether oxygens (including phenoxy) is 1. The number of nitrogens with one attached hydrogen (secondary N) is 1. The van der Waals surface area contributed by atoms with Crippen molar-refractivity contribution in [3.8, 4) is 5.75 Å². The molecule has 0 heterocycles. The molecule has 2 rings (SSSR count). The first kappa shape index (κ1) is 20.3. The maximum atomic E-state index is 12.4. The minimum atomic E-state index is -0.0382. The predicted octanol–water partition coefficient (Wildman–Crippen LogP) is 4.90. The summed E-state index contributed by atoms with van der Waals surface area (Å²) in [5.74, 6) is 0.530. The Bertz CT molecular complexity index is 732. The van der Waals surface area contributed by atoms with Crippen molar-refractivity contribution >= 4 is 23.2 Å². The Morgan fingerprint density at radius 3 is 2.54 bits per heavy atom. The van der Waals surface area contributed by atoms with Crippen LogP contribution in [0.5, 0.6) is 5.75 Å². The van der Waals surface area contributed by atoms with E-state index in [-0.39, 0.29) is 5.91 Å². The zero-order valence-electron chi connectivity index (χ0n) is 15.9. The molecular formula is C21H27ClN2O2. The largest absolute Gasteiger partial charge is 0.495 e. The van der Waals surface area contributed by atoms with Crippen LogP contribution in [-0.4, -0.2) is 30.5 Å². The van der Waals surface area contributed by atoms with Gasteiger partial charge in [0.2, 0.25) is 5.91 Å². The quantitative estimate of drug-likeness (QED) is 0.714. The SMILES string of the molecule is COc1cc(Cl)c(C)cc1NC(=O)CCN(Cc1ccccc1)C(C)C. The van der Waals surface area contributed by atoms with Gasteiger partial charge in [-0.25, -0.2) is 0 Å². The lowest BCUT2D eigenvalue weighted by atomic mass is 10.1. The van der Waals surface area contributed by atoms with E-state index < -0.39 is 0 Å². The Labute approximate surface area is 161 Å². The molecule has 0 atom stereocenters. The van der Waals surface area contributed by atoms with Crippen molar-refractivity contribution in [2.45, 2.75) is 39.8 Å². The number of amides is 1. The van der Waals surface area contributed by atoms with E-state index in [0.717, 1.165) is 12.1 Å². The number of anilines is 1. The first-order valence-electron chi connectivity index (χ1n) is 8.82. The van der Waals surface area contributed by atoms with E-state index in [1.165, 1.54) is 5.56 Å². The summed E-state index contributed by atoms with van der Waals surface area (Å²) in [4.78, 5) is 14.7. The Morgan fingerprint density at radius 1 is 1.23 bits per heavy atom. The van der Waals surface area contributed by atoms with Crippen LogP contribution in [0.15, 0.2) is 42.5 Å². The van der Waals surface area contributed by atoms with Gasteiger partial charge in [0.1, 0.15) is 5.75 Å². The molecule has 1 amide bonds. The maximum Gasteiger partial charge on any atom is 0.225 e. The molecule has 0 aliphatic heterocycles. The smallest absolute Gasteiger partial charge is 0.225 e. The fourth-order valence-electron chi connectivity index (χ4n) is 2.73. The van der Waals surface area contributed by atoms with Crippen molar-refractivity contribution in [1.82, 2.24) is 4.90 Å². The van der Waals surface area contributed by atoms with Crippen LogP contribution >= 0.6 is 11.6 Å². The number of hydrogen-bond acceptors (Lipinski definition) is 3. The van der Waals surface area contributed by atoms with E-state index in [0.29, 0.717) is 35.5 Å². The molecular weight excluding hydrogens is 348 g/mol. The minimum absolute atomic E-state index is 0.0382. The monoisotopic (exact) mass is 374 g/mol. The molecule has 140 valence electrons. The second-order valence-corrected chi connectivity index (χ2v) is 7.06. The van der Waals surface area contributed by atoms with Crippen molar-refractivity contribution in [1.29, 1.82) is 0 Å². The zero-order chi connectivity index (χ0) is 19.1. The molecule has 0 radical (unpaired) electrons. The summed E-state index contributed by atoms with van der Waals surface area (Å²) >= 11 is 6.12. The van der Waals surface area contributed by atoms with E-state index in [2.05, 4.69) is 36.2 Å². The van der Waals surface area contributed by atoms with Crippen molar-refractivity contribution in [2.24, 2.45) is 0 Å². The summed E-state index contributed by atoms with van der Waals surface area (Å²) in [5, 5.41) is 3.56. The Hall–Kier alpha value is -2.04. The number of nitrogens with zero attached hydrogens (tertiary/aromatic N) is 1. The molecule has 26 heavy (non-hydrogen) atoms. The van der Waals surface area contributed by atoms with E-state index in [1.807, 2.05) is 31.2 Å². The van der Waals surface area contributed by atoms with E-state index in [9.17, 15) is 4.79 Å². The third kappa shape index (κ3) is 5.75. The fraction of sp³-hybridized carbons (Fsp3) is 0.381. The van der Waals surface area contributed by atoms with Crippen molar-refractivity contribution in [2.75, 3.05) is 19.0 Å². The van der Waals surface area contributed by atoms with Crippen LogP contribution in [0.3, 0.4) is 0 Å². The maximum absolute atomic E-state index is 12.4. The third-order valence-corrected chi connectivity index (χ3v) is 4.75. The van der Waals surface area contributed by atoms with Gasteiger partial charge in [-0.2, -0.15) is 0 Å². The average Bonchev–Trinajstić information content (AvgIpc) is 2.62. The first-order chi connectivity index (χ1) is 12.4.